The number of benzene rings is 1. The summed E-state index contributed by atoms with van der Waals surface area (Å²) < 4.78 is 5.33. The number of ether oxygens (including phenoxy) is 1. The van der Waals surface area contributed by atoms with Crippen molar-refractivity contribution >= 4 is 34.7 Å². The molecule has 164 valence electrons. The highest BCUT2D eigenvalue weighted by atomic mass is 32.2. The molecule has 1 heterocycles. The molecule has 0 saturated carbocycles. The van der Waals surface area contributed by atoms with Gasteiger partial charge in [-0.2, -0.15) is 5.10 Å². The number of alkyl carbamates (subject to hydrolysis) is 1. The van der Waals surface area contributed by atoms with Crippen LogP contribution in [0.2, 0.25) is 0 Å². The third-order valence-electron chi connectivity index (χ3n) is 3.88. The number of nitrogens with zero attached hydrogens (tertiary/aromatic N) is 2. The number of hydrogen-bond acceptors (Lipinski definition) is 6. The summed E-state index contributed by atoms with van der Waals surface area (Å²) in [6, 6.07) is 9.18. The molecule has 1 aliphatic heterocycles. The molecular formula is C21H30N4O4S. The van der Waals surface area contributed by atoms with Gasteiger partial charge in [0.05, 0.1) is 6.54 Å². The molecule has 0 bridgehead atoms. The maximum absolute atomic E-state index is 12.8. The van der Waals surface area contributed by atoms with Gasteiger partial charge in [-0.3, -0.25) is 9.59 Å². The number of hydrazone groups is 1. The van der Waals surface area contributed by atoms with E-state index >= 15 is 0 Å². The quantitative estimate of drug-likeness (QED) is 0.758. The van der Waals surface area contributed by atoms with Crippen LogP contribution in [0.25, 0.3) is 0 Å². The summed E-state index contributed by atoms with van der Waals surface area (Å²) in [5, 5.41) is 11.3. The van der Waals surface area contributed by atoms with Crippen LogP contribution in [0.4, 0.5) is 4.79 Å². The third kappa shape index (κ3) is 5.98. The molecule has 2 N–H and O–H groups in total. The highest BCUT2D eigenvalue weighted by molar-refractivity contribution is 8.16. The topological polar surface area (TPSA) is 100 Å². The van der Waals surface area contributed by atoms with Gasteiger partial charge in [-0.15, -0.1) is 0 Å². The molecule has 1 aromatic rings. The number of rotatable bonds is 4. The number of amides is 3. The molecule has 0 aliphatic carbocycles. The first-order valence-corrected chi connectivity index (χ1v) is 10.5. The zero-order valence-corrected chi connectivity index (χ0v) is 19.3. The summed E-state index contributed by atoms with van der Waals surface area (Å²) in [7, 11) is 0. The number of carbonyl (C=O) groups excluding carboxylic acids is 3. The highest BCUT2D eigenvalue weighted by Crippen LogP contribution is 2.45. The first-order valence-electron chi connectivity index (χ1n) is 9.67. The van der Waals surface area contributed by atoms with Crippen molar-refractivity contribution in [3.05, 3.63) is 35.9 Å². The van der Waals surface area contributed by atoms with Gasteiger partial charge in [-0.1, -0.05) is 42.1 Å². The Kier molecular flexibility index (Phi) is 6.86. The minimum atomic E-state index is -1.12. The van der Waals surface area contributed by atoms with Gasteiger partial charge in [0.25, 0.3) is 5.91 Å². The van der Waals surface area contributed by atoms with Gasteiger partial charge in [-0.05, 0) is 47.1 Å². The average Bonchev–Trinajstić information content (AvgIpc) is 2.99. The van der Waals surface area contributed by atoms with Crippen LogP contribution in [0.15, 0.2) is 35.4 Å². The standard InChI is InChI=1S/C21H30N4O4S/c1-14(26)25-21(15-11-9-8-10-12-15,13-22-18(28)29-20(5,6)7)30-17(24-25)16(27)23-19(2,3)4/h8-12H,13H2,1-7H3,(H,22,28)(H,23,27). The number of hydrogen-bond donors (Lipinski definition) is 2. The van der Waals surface area contributed by atoms with Crippen molar-refractivity contribution in [2.75, 3.05) is 6.54 Å². The van der Waals surface area contributed by atoms with Gasteiger partial charge in [0.15, 0.2) is 9.91 Å². The van der Waals surface area contributed by atoms with E-state index < -0.39 is 22.1 Å². The Labute approximate surface area is 181 Å². The number of carbonyl (C=O) groups is 3. The second kappa shape index (κ2) is 8.67. The Balaban J connectivity index is 2.39. The van der Waals surface area contributed by atoms with Crippen molar-refractivity contribution < 1.29 is 19.1 Å². The van der Waals surface area contributed by atoms with E-state index in [0.29, 0.717) is 0 Å². The summed E-state index contributed by atoms with van der Waals surface area (Å²) in [6.07, 6.45) is -0.616. The van der Waals surface area contributed by atoms with Crippen LogP contribution in [-0.4, -0.2) is 45.6 Å². The van der Waals surface area contributed by atoms with E-state index in [1.54, 1.807) is 20.8 Å². The number of thioether (sulfide) groups is 1. The minimum absolute atomic E-state index is 0.00592. The molecule has 8 nitrogen and oxygen atoms in total. The van der Waals surface area contributed by atoms with Crippen LogP contribution in [0.5, 0.6) is 0 Å². The largest absolute Gasteiger partial charge is 0.444 e. The Morgan fingerprint density at radius 3 is 2.20 bits per heavy atom. The summed E-state index contributed by atoms with van der Waals surface area (Å²) in [6.45, 7) is 12.3. The average molecular weight is 435 g/mol. The van der Waals surface area contributed by atoms with Gasteiger partial charge in [0.2, 0.25) is 5.91 Å². The van der Waals surface area contributed by atoms with Gasteiger partial charge in [0, 0.05) is 12.5 Å². The first-order chi connectivity index (χ1) is 13.7. The van der Waals surface area contributed by atoms with E-state index in [1.165, 1.54) is 11.9 Å². The second-order valence-electron chi connectivity index (χ2n) is 9.05. The minimum Gasteiger partial charge on any atom is -0.444 e. The van der Waals surface area contributed by atoms with E-state index in [2.05, 4.69) is 15.7 Å². The van der Waals surface area contributed by atoms with Crippen LogP contribution >= 0.6 is 11.8 Å². The van der Waals surface area contributed by atoms with Crippen LogP contribution in [0, 0.1) is 0 Å². The molecule has 2 rings (SSSR count). The molecule has 1 aromatic carbocycles. The maximum Gasteiger partial charge on any atom is 0.407 e. The summed E-state index contributed by atoms with van der Waals surface area (Å²) in [5.74, 6) is -0.732. The smallest absolute Gasteiger partial charge is 0.407 e. The monoisotopic (exact) mass is 434 g/mol. The lowest BCUT2D eigenvalue weighted by atomic mass is 10.1. The molecule has 3 amide bonds. The lowest BCUT2D eigenvalue weighted by Gasteiger charge is -2.35. The van der Waals surface area contributed by atoms with Crippen LogP contribution in [-0.2, 0) is 19.2 Å². The Bertz CT molecular complexity index is 843. The van der Waals surface area contributed by atoms with Crippen molar-refractivity contribution in [1.82, 2.24) is 15.6 Å². The molecule has 1 unspecified atom stereocenters. The highest BCUT2D eigenvalue weighted by Gasteiger charge is 2.49. The van der Waals surface area contributed by atoms with Crippen molar-refractivity contribution in [2.24, 2.45) is 5.10 Å². The maximum atomic E-state index is 12.8. The van der Waals surface area contributed by atoms with Gasteiger partial charge in [0.1, 0.15) is 5.60 Å². The molecule has 0 aromatic heterocycles. The lowest BCUT2D eigenvalue weighted by Crippen LogP contribution is -2.49. The Morgan fingerprint density at radius 1 is 1.10 bits per heavy atom. The predicted molar refractivity (Wildman–Crippen MR) is 118 cm³/mol. The molecule has 0 radical (unpaired) electrons. The van der Waals surface area contributed by atoms with Crippen LogP contribution < -0.4 is 10.6 Å². The Morgan fingerprint density at radius 2 is 1.70 bits per heavy atom. The van der Waals surface area contributed by atoms with E-state index in [4.69, 9.17) is 4.74 Å². The fraction of sp³-hybridized carbons (Fsp3) is 0.524. The van der Waals surface area contributed by atoms with Crippen molar-refractivity contribution in [2.45, 2.75) is 64.5 Å². The van der Waals surface area contributed by atoms with Gasteiger partial charge in [-0.25, -0.2) is 9.80 Å². The number of nitrogens with one attached hydrogen (secondary N) is 2. The molecule has 0 fully saturated rings. The third-order valence-corrected chi connectivity index (χ3v) is 5.23. The molecular weight excluding hydrogens is 404 g/mol. The van der Waals surface area contributed by atoms with E-state index in [9.17, 15) is 14.4 Å². The van der Waals surface area contributed by atoms with E-state index in [0.717, 1.165) is 17.3 Å². The van der Waals surface area contributed by atoms with Crippen LogP contribution in [0.3, 0.4) is 0 Å². The van der Waals surface area contributed by atoms with Crippen molar-refractivity contribution in [1.29, 1.82) is 0 Å². The zero-order valence-electron chi connectivity index (χ0n) is 18.5. The molecule has 1 aliphatic rings. The Hall–Kier alpha value is -2.55. The fourth-order valence-electron chi connectivity index (χ4n) is 2.80. The zero-order chi connectivity index (χ0) is 22.7. The molecule has 9 heteroatoms. The fourth-order valence-corrected chi connectivity index (χ4v) is 4.04. The van der Waals surface area contributed by atoms with Gasteiger partial charge >= 0.3 is 6.09 Å². The first kappa shape index (κ1) is 23.7. The van der Waals surface area contributed by atoms with Crippen LogP contribution in [0.1, 0.15) is 54.0 Å². The van der Waals surface area contributed by atoms with Gasteiger partial charge < -0.3 is 15.4 Å². The molecule has 30 heavy (non-hydrogen) atoms. The molecule has 0 saturated heterocycles. The van der Waals surface area contributed by atoms with Crippen molar-refractivity contribution in [3.8, 4) is 0 Å². The lowest BCUT2D eigenvalue weighted by molar-refractivity contribution is -0.132. The molecule has 0 spiro atoms. The predicted octanol–water partition coefficient (Wildman–Crippen LogP) is 3.19. The molecule has 1 atom stereocenters. The summed E-state index contributed by atoms with van der Waals surface area (Å²) in [5.41, 5.74) is -0.404. The summed E-state index contributed by atoms with van der Waals surface area (Å²) >= 11 is 1.13. The van der Waals surface area contributed by atoms with E-state index in [1.807, 2.05) is 51.1 Å². The normalized spacial score (nSPS) is 19.2. The van der Waals surface area contributed by atoms with E-state index in [-0.39, 0.29) is 23.4 Å². The summed E-state index contributed by atoms with van der Waals surface area (Å²) in [4.78, 5) is 36.4. The van der Waals surface area contributed by atoms with Crippen molar-refractivity contribution in [3.63, 3.8) is 0 Å². The SMILES string of the molecule is CC(=O)N1N=C(C(=O)NC(C)(C)C)SC1(CNC(=O)OC(C)(C)C)c1ccccc1. The second-order valence-corrected chi connectivity index (χ2v) is 10.3.